The van der Waals surface area contributed by atoms with Gasteiger partial charge in [-0.15, -0.1) is 0 Å². The van der Waals surface area contributed by atoms with Crippen LogP contribution in [-0.4, -0.2) is 60.5 Å². The van der Waals surface area contributed by atoms with Gasteiger partial charge in [0.1, 0.15) is 17.6 Å². The van der Waals surface area contributed by atoms with Crippen molar-refractivity contribution in [3.8, 4) is 5.75 Å². The van der Waals surface area contributed by atoms with E-state index in [1.54, 1.807) is 23.2 Å². The van der Waals surface area contributed by atoms with Crippen LogP contribution in [0, 0.1) is 5.92 Å². The summed E-state index contributed by atoms with van der Waals surface area (Å²) in [6.45, 7) is 6.22. The Kier molecular flexibility index (Phi) is 7.52. The van der Waals surface area contributed by atoms with Gasteiger partial charge in [-0.3, -0.25) is 9.59 Å². The molecule has 1 aromatic heterocycles. The van der Waals surface area contributed by atoms with Gasteiger partial charge in [-0.2, -0.15) is 0 Å². The maximum absolute atomic E-state index is 13.1. The number of piperazine rings is 1. The van der Waals surface area contributed by atoms with Gasteiger partial charge in [0.15, 0.2) is 6.61 Å². The van der Waals surface area contributed by atoms with Crippen molar-refractivity contribution in [3.05, 3.63) is 53.7 Å². The number of rotatable bonds is 7. The Morgan fingerprint density at radius 3 is 2.40 bits per heavy atom. The Bertz CT molecular complexity index is 837. The van der Waals surface area contributed by atoms with Gasteiger partial charge in [0, 0.05) is 32.4 Å². The minimum Gasteiger partial charge on any atom is -0.484 e. The Morgan fingerprint density at radius 2 is 1.80 bits per heavy atom. The molecule has 0 aliphatic carbocycles. The van der Waals surface area contributed by atoms with Crippen molar-refractivity contribution < 1.29 is 14.3 Å². The Morgan fingerprint density at radius 1 is 1.10 bits per heavy atom. The van der Waals surface area contributed by atoms with E-state index in [4.69, 9.17) is 16.3 Å². The fourth-order valence-corrected chi connectivity index (χ4v) is 3.41. The molecule has 1 fully saturated rings. The molecule has 1 aromatic carbocycles. The van der Waals surface area contributed by atoms with Crippen LogP contribution in [0.4, 0.5) is 5.82 Å². The number of pyridine rings is 1. The average molecular weight is 431 g/mol. The number of carbonyl (C=O) groups excluding carboxylic acids is 2. The number of amides is 2. The predicted octanol–water partition coefficient (Wildman–Crippen LogP) is 2.60. The number of hydrogen-bond acceptors (Lipinski definition) is 5. The third-order valence-electron chi connectivity index (χ3n) is 4.99. The molecule has 0 saturated carbocycles. The summed E-state index contributed by atoms with van der Waals surface area (Å²) in [7, 11) is 0. The molecule has 0 spiro atoms. The maximum Gasteiger partial charge on any atom is 0.258 e. The van der Waals surface area contributed by atoms with Crippen LogP contribution in [0.5, 0.6) is 5.75 Å². The fourth-order valence-electron chi connectivity index (χ4n) is 3.30. The zero-order chi connectivity index (χ0) is 21.5. The number of hydrogen-bond donors (Lipinski definition) is 1. The van der Waals surface area contributed by atoms with E-state index in [-0.39, 0.29) is 24.3 Å². The molecule has 2 heterocycles. The van der Waals surface area contributed by atoms with Crippen molar-refractivity contribution in [2.45, 2.75) is 19.9 Å². The molecule has 8 heteroatoms. The molecule has 1 aliphatic rings. The van der Waals surface area contributed by atoms with Crippen LogP contribution in [0.15, 0.2) is 48.7 Å². The quantitative estimate of drug-likeness (QED) is 0.730. The second kappa shape index (κ2) is 10.3. The molecular formula is C22H27ClN4O3. The first-order valence-corrected chi connectivity index (χ1v) is 10.4. The number of nitrogens with zero attached hydrogens (tertiary/aromatic N) is 3. The van der Waals surface area contributed by atoms with Gasteiger partial charge in [-0.25, -0.2) is 4.98 Å². The van der Waals surface area contributed by atoms with Crippen LogP contribution < -0.4 is 15.0 Å². The van der Waals surface area contributed by atoms with Crippen molar-refractivity contribution in [2.24, 2.45) is 5.92 Å². The molecule has 2 amide bonds. The van der Waals surface area contributed by atoms with Gasteiger partial charge >= 0.3 is 0 Å². The smallest absolute Gasteiger partial charge is 0.258 e. The molecule has 30 heavy (non-hydrogen) atoms. The first kappa shape index (κ1) is 21.9. The standard InChI is InChI=1S/C22H27ClN4O3/c1-16(2)21(25-20(28)15-30-18-6-4-3-5-7-18)22(29)27-12-10-26(11-13-27)19-9-8-17(23)14-24-19/h3-9,14,16,21H,10-13,15H2,1-2H3,(H,25,28). The van der Waals surface area contributed by atoms with E-state index in [1.807, 2.05) is 44.2 Å². The number of anilines is 1. The average Bonchev–Trinajstić information content (AvgIpc) is 2.77. The summed E-state index contributed by atoms with van der Waals surface area (Å²) in [5.41, 5.74) is 0. The van der Waals surface area contributed by atoms with Crippen LogP contribution in [0.3, 0.4) is 0 Å². The highest BCUT2D eigenvalue weighted by Crippen LogP contribution is 2.17. The Hall–Kier alpha value is -2.80. The van der Waals surface area contributed by atoms with Gasteiger partial charge in [0.05, 0.1) is 5.02 Å². The molecule has 1 aliphatic heterocycles. The second-order valence-corrected chi connectivity index (χ2v) is 7.97. The van der Waals surface area contributed by atoms with Gasteiger partial charge in [-0.05, 0) is 30.2 Å². The summed E-state index contributed by atoms with van der Waals surface area (Å²) in [6, 6.07) is 12.2. The van der Waals surface area contributed by atoms with Crippen molar-refractivity contribution in [3.63, 3.8) is 0 Å². The minimum atomic E-state index is -0.586. The molecule has 1 atom stereocenters. The van der Waals surface area contributed by atoms with E-state index < -0.39 is 6.04 Å². The highest BCUT2D eigenvalue weighted by atomic mass is 35.5. The molecule has 2 aromatic rings. The summed E-state index contributed by atoms with van der Waals surface area (Å²) in [5, 5.41) is 3.43. The minimum absolute atomic E-state index is 0.0332. The molecule has 0 bridgehead atoms. The Labute approximate surface area is 182 Å². The SMILES string of the molecule is CC(C)C(NC(=O)COc1ccccc1)C(=O)N1CCN(c2ccc(Cl)cn2)CC1. The summed E-state index contributed by atoms with van der Waals surface area (Å²) in [4.78, 5) is 33.7. The third kappa shape index (κ3) is 5.86. The lowest BCUT2D eigenvalue weighted by Crippen LogP contribution is -2.57. The normalized spacial score (nSPS) is 15.1. The van der Waals surface area contributed by atoms with Crippen LogP contribution in [-0.2, 0) is 9.59 Å². The number of nitrogens with one attached hydrogen (secondary N) is 1. The van der Waals surface area contributed by atoms with E-state index in [0.717, 1.165) is 5.82 Å². The van der Waals surface area contributed by atoms with Crippen LogP contribution >= 0.6 is 11.6 Å². The molecular weight excluding hydrogens is 404 g/mol. The van der Waals surface area contributed by atoms with Crippen molar-refractivity contribution in [2.75, 3.05) is 37.7 Å². The number of ether oxygens (including phenoxy) is 1. The molecule has 1 N–H and O–H groups in total. The largest absolute Gasteiger partial charge is 0.484 e. The monoisotopic (exact) mass is 430 g/mol. The first-order chi connectivity index (χ1) is 14.4. The number of halogens is 1. The summed E-state index contributed by atoms with van der Waals surface area (Å²) >= 11 is 5.90. The van der Waals surface area contributed by atoms with Gasteiger partial charge in [0.25, 0.3) is 5.91 Å². The number of para-hydroxylation sites is 1. The fraction of sp³-hybridized carbons (Fsp3) is 0.409. The van der Waals surface area contributed by atoms with Crippen molar-refractivity contribution in [1.82, 2.24) is 15.2 Å². The van der Waals surface area contributed by atoms with E-state index >= 15 is 0 Å². The lowest BCUT2D eigenvalue weighted by molar-refractivity contribution is -0.138. The van der Waals surface area contributed by atoms with Gasteiger partial charge in [-0.1, -0.05) is 43.6 Å². The summed E-state index contributed by atoms with van der Waals surface area (Å²) in [5.74, 6) is 1.05. The highest BCUT2D eigenvalue weighted by Gasteiger charge is 2.31. The van der Waals surface area contributed by atoms with Crippen LogP contribution in [0.1, 0.15) is 13.8 Å². The van der Waals surface area contributed by atoms with Crippen molar-refractivity contribution in [1.29, 1.82) is 0 Å². The van der Waals surface area contributed by atoms with Crippen molar-refractivity contribution >= 4 is 29.2 Å². The highest BCUT2D eigenvalue weighted by molar-refractivity contribution is 6.30. The second-order valence-electron chi connectivity index (χ2n) is 7.54. The Balaban J connectivity index is 1.52. The van der Waals surface area contributed by atoms with Crippen LogP contribution in [0.2, 0.25) is 5.02 Å². The molecule has 160 valence electrons. The lowest BCUT2D eigenvalue weighted by Gasteiger charge is -2.37. The lowest BCUT2D eigenvalue weighted by atomic mass is 10.0. The molecule has 1 saturated heterocycles. The molecule has 7 nitrogen and oxygen atoms in total. The number of benzene rings is 1. The zero-order valence-corrected chi connectivity index (χ0v) is 18.0. The molecule has 1 unspecified atom stereocenters. The van der Waals surface area contributed by atoms with E-state index in [2.05, 4.69) is 15.2 Å². The molecule has 0 radical (unpaired) electrons. The predicted molar refractivity (Wildman–Crippen MR) is 117 cm³/mol. The topological polar surface area (TPSA) is 74.8 Å². The van der Waals surface area contributed by atoms with E-state index in [0.29, 0.717) is 37.0 Å². The van der Waals surface area contributed by atoms with E-state index in [9.17, 15) is 9.59 Å². The zero-order valence-electron chi connectivity index (χ0n) is 17.3. The van der Waals surface area contributed by atoms with Crippen LogP contribution in [0.25, 0.3) is 0 Å². The molecule has 3 rings (SSSR count). The maximum atomic E-state index is 13.1. The van der Waals surface area contributed by atoms with E-state index in [1.165, 1.54) is 0 Å². The van der Waals surface area contributed by atoms with Gasteiger partial charge < -0.3 is 19.9 Å². The first-order valence-electron chi connectivity index (χ1n) is 10.1. The summed E-state index contributed by atoms with van der Waals surface area (Å²) < 4.78 is 5.49. The summed E-state index contributed by atoms with van der Waals surface area (Å²) in [6.07, 6.45) is 1.62. The number of carbonyl (C=O) groups is 2. The third-order valence-corrected chi connectivity index (χ3v) is 5.21. The number of aromatic nitrogens is 1. The van der Waals surface area contributed by atoms with Gasteiger partial charge in [0.2, 0.25) is 5.91 Å².